The van der Waals surface area contributed by atoms with E-state index in [1.807, 2.05) is 66.2 Å². The van der Waals surface area contributed by atoms with Crippen molar-refractivity contribution in [3.05, 3.63) is 78.4 Å². The number of aromatic nitrogens is 6. The summed E-state index contributed by atoms with van der Waals surface area (Å²) in [5.41, 5.74) is 2.05. The predicted octanol–water partition coefficient (Wildman–Crippen LogP) is 2.86. The molecule has 0 fully saturated rings. The summed E-state index contributed by atoms with van der Waals surface area (Å²) in [5.74, 6) is -0.298. The zero-order valence-corrected chi connectivity index (χ0v) is 15.9. The van der Waals surface area contributed by atoms with Crippen LogP contribution in [-0.4, -0.2) is 35.7 Å². The van der Waals surface area contributed by atoms with Crippen molar-refractivity contribution >= 4 is 23.4 Å². The van der Waals surface area contributed by atoms with Crippen molar-refractivity contribution in [1.82, 2.24) is 29.8 Å². The van der Waals surface area contributed by atoms with E-state index in [2.05, 4.69) is 25.8 Å². The van der Waals surface area contributed by atoms with Crippen LogP contribution in [0.4, 0.5) is 5.69 Å². The first-order chi connectivity index (χ1) is 13.7. The van der Waals surface area contributed by atoms with Crippen LogP contribution in [0.15, 0.2) is 77.2 Å². The number of amides is 1. The van der Waals surface area contributed by atoms with Gasteiger partial charge in [0, 0.05) is 17.6 Å². The number of nitrogens with one attached hydrogen (secondary N) is 1. The molecule has 0 aliphatic carbocycles. The molecule has 0 saturated carbocycles. The van der Waals surface area contributed by atoms with Crippen LogP contribution in [0.1, 0.15) is 16.1 Å². The van der Waals surface area contributed by atoms with Crippen LogP contribution < -0.4 is 5.32 Å². The fourth-order valence-electron chi connectivity index (χ4n) is 2.52. The molecule has 28 heavy (non-hydrogen) atoms. The van der Waals surface area contributed by atoms with Crippen molar-refractivity contribution in [1.29, 1.82) is 0 Å². The lowest BCUT2D eigenvalue weighted by molar-refractivity contribution is 0.102. The number of hydrogen-bond acceptors (Lipinski definition) is 6. The Kier molecular flexibility index (Phi) is 5.16. The SMILES string of the molecule is Cn1cnnc1Sc1ccc(NC(=O)c2cn(Cc3ccccc3)nn2)cc1. The first-order valence-corrected chi connectivity index (χ1v) is 9.36. The normalized spacial score (nSPS) is 10.8. The van der Waals surface area contributed by atoms with E-state index in [1.54, 1.807) is 17.2 Å². The highest BCUT2D eigenvalue weighted by molar-refractivity contribution is 7.99. The van der Waals surface area contributed by atoms with Crippen LogP contribution in [0.3, 0.4) is 0 Å². The molecule has 1 N–H and O–H groups in total. The Morgan fingerprint density at radius 1 is 1.07 bits per heavy atom. The second kappa shape index (κ2) is 8.05. The molecule has 4 aromatic rings. The molecule has 2 heterocycles. The van der Waals surface area contributed by atoms with E-state index < -0.39 is 0 Å². The zero-order chi connectivity index (χ0) is 19.3. The number of benzene rings is 2. The summed E-state index contributed by atoms with van der Waals surface area (Å²) < 4.78 is 3.49. The van der Waals surface area contributed by atoms with Gasteiger partial charge in [0.1, 0.15) is 6.33 Å². The summed E-state index contributed by atoms with van der Waals surface area (Å²) in [7, 11) is 1.89. The quantitative estimate of drug-likeness (QED) is 0.544. The number of rotatable bonds is 6. The molecule has 0 saturated heterocycles. The third kappa shape index (κ3) is 4.26. The van der Waals surface area contributed by atoms with Crippen LogP contribution in [0, 0.1) is 0 Å². The van der Waals surface area contributed by atoms with Crippen molar-refractivity contribution in [2.24, 2.45) is 7.05 Å². The lowest BCUT2D eigenvalue weighted by atomic mass is 10.2. The summed E-state index contributed by atoms with van der Waals surface area (Å²) in [6.07, 6.45) is 3.29. The minimum Gasteiger partial charge on any atom is -0.321 e. The highest BCUT2D eigenvalue weighted by atomic mass is 32.2. The highest BCUT2D eigenvalue weighted by Crippen LogP contribution is 2.26. The second-order valence-corrected chi connectivity index (χ2v) is 7.13. The van der Waals surface area contributed by atoms with E-state index in [9.17, 15) is 4.79 Å². The Labute approximate surface area is 165 Å². The van der Waals surface area contributed by atoms with E-state index >= 15 is 0 Å². The molecular weight excluding hydrogens is 374 g/mol. The molecule has 0 unspecified atom stereocenters. The lowest BCUT2D eigenvalue weighted by Gasteiger charge is -2.05. The third-order valence-corrected chi connectivity index (χ3v) is 5.01. The van der Waals surface area contributed by atoms with Gasteiger partial charge < -0.3 is 9.88 Å². The first kappa shape index (κ1) is 17.9. The summed E-state index contributed by atoms with van der Waals surface area (Å²) in [6, 6.07) is 17.4. The molecule has 2 aromatic heterocycles. The summed E-state index contributed by atoms with van der Waals surface area (Å²) in [6.45, 7) is 0.565. The van der Waals surface area contributed by atoms with Gasteiger partial charge in [-0.3, -0.25) is 4.79 Å². The molecule has 0 bridgehead atoms. The average molecular weight is 391 g/mol. The Bertz CT molecular complexity index is 1070. The number of carbonyl (C=O) groups excluding carboxylic acids is 1. The van der Waals surface area contributed by atoms with E-state index in [0.29, 0.717) is 12.2 Å². The van der Waals surface area contributed by atoms with E-state index in [0.717, 1.165) is 15.6 Å². The van der Waals surface area contributed by atoms with Crippen molar-refractivity contribution in [3.8, 4) is 0 Å². The van der Waals surface area contributed by atoms with Gasteiger partial charge in [-0.15, -0.1) is 15.3 Å². The molecule has 0 radical (unpaired) electrons. The first-order valence-electron chi connectivity index (χ1n) is 8.55. The smallest absolute Gasteiger partial charge is 0.277 e. The molecule has 0 atom stereocenters. The molecule has 140 valence electrons. The van der Waals surface area contributed by atoms with Gasteiger partial charge in [-0.25, -0.2) is 4.68 Å². The number of anilines is 1. The molecule has 2 aromatic carbocycles. The van der Waals surface area contributed by atoms with Gasteiger partial charge in [0.2, 0.25) is 0 Å². The average Bonchev–Trinajstić information content (AvgIpc) is 3.34. The topological polar surface area (TPSA) is 90.5 Å². The van der Waals surface area contributed by atoms with Crippen LogP contribution >= 0.6 is 11.8 Å². The summed E-state index contributed by atoms with van der Waals surface area (Å²) >= 11 is 1.50. The second-order valence-electron chi connectivity index (χ2n) is 6.09. The van der Waals surface area contributed by atoms with Gasteiger partial charge in [0.25, 0.3) is 5.91 Å². The van der Waals surface area contributed by atoms with Crippen LogP contribution in [0.25, 0.3) is 0 Å². The summed E-state index contributed by atoms with van der Waals surface area (Å²) in [5, 5.41) is 19.5. The van der Waals surface area contributed by atoms with Crippen molar-refractivity contribution in [2.75, 3.05) is 5.32 Å². The van der Waals surface area contributed by atoms with Crippen LogP contribution in [0.2, 0.25) is 0 Å². The van der Waals surface area contributed by atoms with E-state index in [4.69, 9.17) is 0 Å². The van der Waals surface area contributed by atoms with Gasteiger partial charge in [0.15, 0.2) is 10.9 Å². The maximum Gasteiger partial charge on any atom is 0.277 e. The molecule has 9 heteroatoms. The Balaban J connectivity index is 1.38. The van der Waals surface area contributed by atoms with Crippen LogP contribution in [-0.2, 0) is 13.6 Å². The minimum atomic E-state index is -0.298. The van der Waals surface area contributed by atoms with Gasteiger partial charge in [0.05, 0.1) is 12.7 Å². The Morgan fingerprint density at radius 3 is 2.57 bits per heavy atom. The molecular formula is C19H17N7OS. The molecule has 4 rings (SSSR count). The maximum atomic E-state index is 12.4. The van der Waals surface area contributed by atoms with E-state index in [-0.39, 0.29) is 11.6 Å². The third-order valence-electron chi connectivity index (χ3n) is 3.95. The number of nitrogens with zero attached hydrogens (tertiary/aromatic N) is 6. The van der Waals surface area contributed by atoms with Crippen LogP contribution in [0.5, 0.6) is 0 Å². The predicted molar refractivity (Wildman–Crippen MR) is 105 cm³/mol. The molecule has 8 nitrogen and oxygen atoms in total. The molecule has 1 amide bonds. The standard InChI is InChI=1S/C19H17N7OS/c1-25-13-20-23-19(25)28-16-9-7-15(8-10-16)21-18(27)17-12-26(24-22-17)11-14-5-3-2-4-6-14/h2-10,12-13H,11H2,1H3,(H,21,27). The van der Waals surface area contributed by atoms with Crippen molar-refractivity contribution in [3.63, 3.8) is 0 Å². The minimum absolute atomic E-state index is 0.272. The van der Waals surface area contributed by atoms with E-state index in [1.165, 1.54) is 11.8 Å². The van der Waals surface area contributed by atoms with Gasteiger partial charge >= 0.3 is 0 Å². The van der Waals surface area contributed by atoms with Gasteiger partial charge in [-0.1, -0.05) is 35.5 Å². The fourth-order valence-corrected chi connectivity index (χ4v) is 3.28. The number of carbonyl (C=O) groups is 1. The number of hydrogen-bond donors (Lipinski definition) is 1. The van der Waals surface area contributed by atoms with Gasteiger partial charge in [-0.05, 0) is 41.6 Å². The number of aryl methyl sites for hydroxylation is 1. The monoisotopic (exact) mass is 391 g/mol. The molecule has 0 spiro atoms. The maximum absolute atomic E-state index is 12.4. The van der Waals surface area contributed by atoms with Crippen molar-refractivity contribution in [2.45, 2.75) is 16.6 Å². The largest absolute Gasteiger partial charge is 0.321 e. The summed E-state index contributed by atoms with van der Waals surface area (Å²) in [4.78, 5) is 13.4. The Hall–Kier alpha value is -3.46. The molecule has 0 aliphatic heterocycles. The zero-order valence-electron chi connectivity index (χ0n) is 15.1. The van der Waals surface area contributed by atoms with Crippen molar-refractivity contribution < 1.29 is 4.79 Å². The van der Waals surface area contributed by atoms with Gasteiger partial charge in [-0.2, -0.15) is 0 Å². The molecule has 0 aliphatic rings. The Morgan fingerprint density at radius 2 is 1.86 bits per heavy atom. The highest BCUT2D eigenvalue weighted by Gasteiger charge is 2.12. The lowest BCUT2D eigenvalue weighted by Crippen LogP contribution is -2.12. The fraction of sp³-hybridized carbons (Fsp3) is 0.105.